The Hall–Kier alpha value is -2.89. The maximum Gasteiger partial charge on any atom is 0.326 e. The Bertz CT molecular complexity index is 828. The van der Waals surface area contributed by atoms with Gasteiger partial charge in [0.25, 0.3) is 0 Å². The number of carbonyl (C=O) groups is 2. The molecule has 1 N–H and O–H groups in total. The summed E-state index contributed by atoms with van der Waals surface area (Å²) in [6.45, 7) is 2.40. The van der Waals surface area contributed by atoms with Crippen LogP contribution in [0.1, 0.15) is 32.6 Å². The number of hydrogen-bond donors (Lipinski definition) is 1. The first kappa shape index (κ1) is 20.8. The Morgan fingerprint density at radius 2 is 1.79 bits per heavy atom. The van der Waals surface area contributed by atoms with Gasteiger partial charge in [0.2, 0.25) is 0 Å². The number of urea groups is 1. The number of para-hydroxylation sites is 1. The van der Waals surface area contributed by atoms with Crippen molar-refractivity contribution in [1.29, 1.82) is 0 Å². The van der Waals surface area contributed by atoms with Gasteiger partial charge in [-0.2, -0.15) is 0 Å². The standard InChI is InChI=1S/C23H27FN2O3/c1-17(27)29-16-19-8-5-7-18(13-19)15-25-23(28)26(21-10-3-2-4-11-21)22-12-6-9-20(24)14-22/h2-4,6,9-12,14,18-19H,5,7-8,13,15-16H2,1H3,(H,25,28). The van der Waals surface area contributed by atoms with E-state index in [1.807, 2.05) is 30.3 Å². The zero-order chi connectivity index (χ0) is 20.6. The molecule has 0 bridgehead atoms. The first-order valence-electron chi connectivity index (χ1n) is 10.0. The molecule has 0 saturated heterocycles. The van der Waals surface area contributed by atoms with Gasteiger partial charge in [-0.3, -0.25) is 9.69 Å². The van der Waals surface area contributed by atoms with E-state index in [2.05, 4.69) is 5.32 Å². The first-order valence-corrected chi connectivity index (χ1v) is 10.0. The van der Waals surface area contributed by atoms with Gasteiger partial charge < -0.3 is 10.1 Å². The number of nitrogens with one attached hydrogen (secondary N) is 1. The number of rotatable bonds is 6. The van der Waals surface area contributed by atoms with Gasteiger partial charge >= 0.3 is 12.0 Å². The second kappa shape index (κ2) is 10.0. The largest absolute Gasteiger partial charge is 0.466 e. The molecular weight excluding hydrogens is 371 g/mol. The Morgan fingerprint density at radius 1 is 1.07 bits per heavy atom. The van der Waals surface area contributed by atoms with Crippen molar-refractivity contribution in [3.63, 3.8) is 0 Å². The highest BCUT2D eigenvalue weighted by molar-refractivity contribution is 5.99. The van der Waals surface area contributed by atoms with Crippen LogP contribution >= 0.6 is 0 Å². The minimum Gasteiger partial charge on any atom is -0.466 e. The number of ether oxygens (including phenoxy) is 1. The molecule has 0 aliphatic heterocycles. The summed E-state index contributed by atoms with van der Waals surface area (Å²) in [5.74, 6) is 0.0206. The van der Waals surface area contributed by atoms with Crippen LogP contribution in [0.2, 0.25) is 0 Å². The van der Waals surface area contributed by atoms with Crippen LogP contribution in [0.4, 0.5) is 20.6 Å². The molecule has 29 heavy (non-hydrogen) atoms. The van der Waals surface area contributed by atoms with Crippen molar-refractivity contribution in [2.75, 3.05) is 18.1 Å². The first-order chi connectivity index (χ1) is 14.0. The van der Waals surface area contributed by atoms with Gasteiger partial charge in [0.1, 0.15) is 5.82 Å². The van der Waals surface area contributed by atoms with Gasteiger partial charge in [-0.1, -0.05) is 30.7 Å². The molecule has 5 nitrogen and oxygen atoms in total. The number of amides is 2. The van der Waals surface area contributed by atoms with E-state index in [0.29, 0.717) is 36.4 Å². The lowest BCUT2D eigenvalue weighted by Gasteiger charge is -2.30. The van der Waals surface area contributed by atoms with Gasteiger partial charge in [0.05, 0.1) is 18.0 Å². The van der Waals surface area contributed by atoms with Crippen molar-refractivity contribution in [2.45, 2.75) is 32.6 Å². The number of esters is 1. The lowest BCUT2D eigenvalue weighted by atomic mass is 9.82. The maximum atomic E-state index is 13.8. The Balaban J connectivity index is 1.65. The number of anilines is 2. The fraction of sp³-hybridized carbons (Fsp3) is 0.391. The summed E-state index contributed by atoms with van der Waals surface area (Å²) in [6, 6.07) is 14.9. The van der Waals surface area contributed by atoms with Crippen LogP contribution in [0.25, 0.3) is 0 Å². The highest BCUT2D eigenvalue weighted by Crippen LogP contribution is 2.30. The molecule has 2 atom stereocenters. The third-order valence-corrected chi connectivity index (χ3v) is 5.24. The monoisotopic (exact) mass is 398 g/mol. The number of nitrogens with zero attached hydrogens (tertiary/aromatic N) is 1. The third-order valence-electron chi connectivity index (χ3n) is 5.24. The van der Waals surface area contributed by atoms with Crippen molar-refractivity contribution in [1.82, 2.24) is 5.32 Å². The van der Waals surface area contributed by atoms with Gasteiger partial charge in [-0.05, 0) is 61.4 Å². The van der Waals surface area contributed by atoms with Crippen LogP contribution in [0, 0.1) is 17.7 Å². The van der Waals surface area contributed by atoms with Crippen molar-refractivity contribution in [3.8, 4) is 0 Å². The van der Waals surface area contributed by atoms with E-state index < -0.39 is 5.82 Å². The van der Waals surface area contributed by atoms with Gasteiger partial charge in [-0.25, -0.2) is 9.18 Å². The molecule has 1 aliphatic carbocycles. The fourth-order valence-corrected chi connectivity index (χ4v) is 3.86. The van der Waals surface area contributed by atoms with Crippen LogP contribution in [0.5, 0.6) is 0 Å². The van der Waals surface area contributed by atoms with Crippen LogP contribution in [0.15, 0.2) is 54.6 Å². The van der Waals surface area contributed by atoms with Crippen molar-refractivity contribution < 1.29 is 18.7 Å². The Labute approximate surface area is 170 Å². The molecule has 1 fully saturated rings. The number of carbonyl (C=O) groups excluding carboxylic acids is 2. The number of halogens is 1. The molecule has 3 rings (SSSR count). The lowest BCUT2D eigenvalue weighted by Crippen LogP contribution is -2.40. The summed E-state index contributed by atoms with van der Waals surface area (Å²) in [6.07, 6.45) is 4.04. The molecule has 2 amide bonds. The number of hydrogen-bond acceptors (Lipinski definition) is 3. The minimum absolute atomic E-state index is 0.256. The molecule has 2 aromatic carbocycles. The Kier molecular flexibility index (Phi) is 7.22. The molecule has 2 aromatic rings. The molecule has 0 radical (unpaired) electrons. The fourth-order valence-electron chi connectivity index (χ4n) is 3.86. The van der Waals surface area contributed by atoms with Crippen molar-refractivity contribution in [3.05, 3.63) is 60.4 Å². The van der Waals surface area contributed by atoms with Gasteiger partial charge in [-0.15, -0.1) is 0 Å². The number of benzene rings is 2. The molecular formula is C23H27FN2O3. The second-order valence-corrected chi connectivity index (χ2v) is 7.54. The highest BCUT2D eigenvalue weighted by atomic mass is 19.1. The summed E-state index contributed by atoms with van der Waals surface area (Å²) in [4.78, 5) is 25.5. The van der Waals surface area contributed by atoms with E-state index in [4.69, 9.17) is 4.74 Å². The van der Waals surface area contributed by atoms with Crippen LogP contribution in [-0.2, 0) is 9.53 Å². The van der Waals surface area contributed by atoms with E-state index >= 15 is 0 Å². The molecule has 1 saturated carbocycles. The second-order valence-electron chi connectivity index (χ2n) is 7.54. The minimum atomic E-state index is -0.392. The van der Waals surface area contributed by atoms with Gasteiger partial charge in [0.15, 0.2) is 0 Å². The predicted molar refractivity (Wildman–Crippen MR) is 110 cm³/mol. The molecule has 6 heteroatoms. The summed E-state index contributed by atoms with van der Waals surface area (Å²) in [7, 11) is 0. The highest BCUT2D eigenvalue weighted by Gasteiger charge is 2.25. The van der Waals surface area contributed by atoms with Crippen molar-refractivity contribution >= 4 is 23.4 Å². The van der Waals surface area contributed by atoms with E-state index in [9.17, 15) is 14.0 Å². The molecule has 154 valence electrons. The smallest absolute Gasteiger partial charge is 0.326 e. The predicted octanol–water partition coefficient (Wildman–Crippen LogP) is 5.04. The zero-order valence-corrected chi connectivity index (χ0v) is 16.6. The SMILES string of the molecule is CC(=O)OCC1CCCC(CNC(=O)N(c2ccccc2)c2cccc(F)c2)C1. The lowest BCUT2D eigenvalue weighted by molar-refractivity contribution is -0.142. The molecule has 0 aromatic heterocycles. The van der Waals surface area contributed by atoms with E-state index in [-0.39, 0.29) is 12.0 Å². The Morgan fingerprint density at radius 3 is 2.52 bits per heavy atom. The summed E-state index contributed by atoms with van der Waals surface area (Å²) in [5, 5.41) is 3.01. The van der Waals surface area contributed by atoms with E-state index in [0.717, 1.165) is 25.7 Å². The van der Waals surface area contributed by atoms with Crippen LogP contribution < -0.4 is 10.2 Å². The van der Waals surface area contributed by atoms with Crippen LogP contribution in [-0.4, -0.2) is 25.2 Å². The molecule has 2 unspecified atom stereocenters. The van der Waals surface area contributed by atoms with Crippen LogP contribution in [0.3, 0.4) is 0 Å². The van der Waals surface area contributed by atoms with E-state index in [1.165, 1.54) is 24.0 Å². The molecule has 1 aliphatic rings. The molecule has 0 heterocycles. The topological polar surface area (TPSA) is 58.6 Å². The molecule has 0 spiro atoms. The zero-order valence-electron chi connectivity index (χ0n) is 16.6. The third kappa shape index (κ3) is 6.04. The summed E-state index contributed by atoms with van der Waals surface area (Å²) in [5.41, 5.74) is 1.15. The van der Waals surface area contributed by atoms with Gasteiger partial charge in [0, 0.05) is 13.5 Å². The maximum absolute atomic E-state index is 13.8. The average molecular weight is 398 g/mol. The average Bonchev–Trinajstić information content (AvgIpc) is 2.72. The summed E-state index contributed by atoms with van der Waals surface area (Å²) >= 11 is 0. The normalized spacial score (nSPS) is 18.7. The van der Waals surface area contributed by atoms with E-state index in [1.54, 1.807) is 12.1 Å². The van der Waals surface area contributed by atoms with Crippen molar-refractivity contribution in [2.24, 2.45) is 11.8 Å². The quantitative estimate of drug-likeness (QED) is 0.693. The summed E-state index contributed by atoms with van der Waals surface area (Å²) < 4.78 is 18.9.